The second-order valence-electron chi connectivity index (χ2n) is 5.69. The van der Waals surface area contributed by atoms with Gasteiger partial charge in [0.25, 0.3) is 0 Å². The summed E-state index contributed by atoms with van der Waals surface area (Å²) in [6, 6.07) is 18.3. The van der Waals surface area contributed by atoms with E-state index in [1.54, 1.807) is 11.8 Å². The summed E-state index contributed by atoms with van der Waals surface area (Å²) in [5.74, 6) is 0.750. The molecule has 4 heteroatoms. The molecular weight excluding hydrogens is 314 g/mol. The third kappa shape index (κ3) is 6.05. The predicted molar refractivity (Wildman–Crippen MR) is 108 cm³/mol. The van der Waals surface area contributed by atoms with E-state index in [1.807, 2.05) is 44.2 Å². The molecule has 0 aliphatic carbocycles. The van der Waals surface area contributed by atoms with E-state index in [-0.39, 0.29) is 0 Å². The zero-order chi connectivity index (χ0) is 17.4. The van der Waals surface area contributed by atoms with Gasteiger partial charge in [-0.1, -0.05) is 60.8 Å². The summed E-state index contributed by atoms with van der Waals surface area (Å²) < 4.78 is 0. The largest absolute Gasteiger partial charge is 0.256 e. The van der Waals surface area contributed by atoms with Gasteiger partial charge in [0.05, 0.1) is 5.69 Å². The first-order chi connectivity index (χ1) is 11.5. The van der Waals surface area contributed by atoms with E-state index < -0.39 is 0 Å². The molecule has 0 unspecified atom stereocenters. The number of hydrazone groups is 1. The van der Waals surface area contributed by atoms with Gasteiger partial charge in [0.15, 0.2) is 5.17 Å². The lowest BCUT2D eigenvalue weighted by Crippen LogP contribution is -2.15. The SMILES string of the molecule is C=C(CSC(=Nc1cccc(C)c1)NN=C(C)C)c1ccccc1. The van der Waals surface area contributed by atoms with Crippen molar-refractivity contribution in [3.05, 3.63) is 72.3 Å². The van der Waals surface area contributed by atoms with Crippen LogP contribution in [0, 0.1) is 6.92 Å². The van der Waals surface area contributed by atoms with E-state index in [0.29, 0.717) is 0 Å². The van der Waals surface area contributed by atoms with Gasteiger partial charge in [0.2, 0.25) is 0 Å². The van der Waals surface area contributed by atoms with Gasteiger partial charge in [-0.3, -0.25) is 5.43 Å². The molecule has 0 atom stereocenters. The number of nitrogens with one attached hydrogen (secondary N) is 1. The van der Waals surface area contributed by atoms with Crippen molar-refractivity contribution < 1.29 is 0 Å². The maximum Gasteiger partial charge on any atom is 0.182 e. The molecule has 0 heterocycles. The highest BCUT2D eigenvalue weighted by molar-refractivity contribution is 8.14. The van der Waals surface area contributed by atoms with Crippen LogP contribution in [0.4, 0.5) is 5.69 Å². The van der Waals surface area contributed by atoms with Gasteiger partial charge < -0.3 is 0 Å². The Kier molecular flexibility index (Phi) is 6.82. The Balaban J connectivity index is 2.11. The quantitative estimate of drug-likeness (QED) is 0.449. The Bertz CT molecular complexity index is 744. The molecule has 0 amide bonds. The third-order valence-electron chi connectivity index (χ3n) is 3.17. The molecule has 0 saturated heterocycles. The molecular formula is C20H23N3S. The topological polar surface area (TPSA) is 36.8 Å². The Hall–Kier alpha value is -2.33. The first-order valence-electron chi connectivity index (χ1n) is 7.83. The monoisotopic (exact) mass is 337 g/mol. The Morgan fingerprint density at radius 3 is 2.50 bits per heavy atom. The number of hydrogen-bond acceptors (Lipinski definition) is 3. The number of benzene rings is 2. The summed E-state index contributed by atoms with van der Waals surface area (Å²) in [4.78, 5) is 4.68. The molecule has 3 nitrogen and oxygen atoms in total. The molecule has 124 valence electrons. The lowest BCUT2D eigenvalue weighted by atomic mass is 10.1. The summed E-state index contributed by atoms with van der Waals surface area (Å²) in [6.45, 7) is 10.1. The molecule has 0 aromatic heterocycles. The Morgan fingerprint density at radius 2 is 1.83 bits per heavy atom. The van der Waals surface area contributed by atoms with Gasteiger partial charge in [-0.2, -0.15) is 5.10 Å². The van der Waals surface area contributed by atoms with E-state index in [1.165, 1.54) is 5.56 Å². The van der Waals surface area contributed by atoms with Crippen LogP contribution in [0.2, 0.25) is 0 Å². The van der Waals surface area contributed by atoms with Crippen molar-refractivity contribution in [2.75, 3.05) is 5.75 Å². The fraction of sp³-hybridized carbons (Fsp3) is 0.200. The molecule has 0 aliphatic rings. The van der Waals surface area contributed by atoms with Crippen LogP contribution in [-0.2, 0) is 0 Å². The highest BCUT2D eigenvalue weighted by Crippen LogP contribution is 2.21. The van der Waals surface area contributed by atoms with Crippen LogP contribution in [0.15, 0.2) is 71.3 Å². The average molecular weight is 337 g/mol. The van der Waals surface area contributed by atoms with Gasteiger partial charge in [-0.15, -0.1) is 0 Å². The lowest BCUT2D eigenvalue weighted by Gasteiger charge is -2.09. The second kappa shape index (κ2) is 9.08. The van der Waals surface area contributed by atoms with Crippen LogP contribution < -0.4 is 5.43 Å². The minimum Gasteiger partial charge on any atom is -0.256 e. The van der Waals surface area contributed by atoms with Crippen LogP contribution in [0.1, 0.15) is 25.0 Å². The van der Waals surface area contributed by atoms with E-state index in [2.05, 4.69) is 53.3 Å². The van der Waals surface area contributed by atoms with Gasteiger partial charge in [-0.05, 0) is 49.6 Å². The molecule has 0 bridgehead atoms. The molecule has 2 aromatic carbocycles. The summed E-state index contributed by atoms with van der Waals surface area (Å²) >= 11 is 1.60. The second-order valence-corrected chi connectivity index (χ2v) is 6.65. The molecule has 2 aromatic rings. The van der Waals surface area contributed by atoms with Gasteiger partial charge >= 0.3 is 0 Å². The fourth-order valence-corrected chi connectivity index (χ4v) is 2.73. The van der Waals surface area contributed by atoms with E-state index >= 15 is 0 Å². The van der Waals surface area contributed by atoms with Crippen LogP contribution in [-0.4, -0.2) is 16.6 Å². The number of nitrogens with zero attached hydrogens (tertiary/aromatic N) is 2. The van der Waals surface area contributed by atoms with Crippen molar-refractivity contribution in [2.24, 2.45) is 10.1 Å². The van der Waals surface area contributed by atoms with E-state index in [0.717, 1.165) is 33.5 Å². The fourth-order valence-electron chi connectivity index (χ4n) is 1.98. The number of amidine groups is 1. The highest BCUT2D eigenvalue weighted by atomic mass is 32.2. The smallest absolute Gasteiger partial charge is 0.182 e. The molecule has 0 spiro atoms. The molecule has 0 aliphatic heterocycles. The lowest BCUT2D eigenvalue weighted by molar-refractivity contribution is 1.04. The maximum absolute atomic E-state index is 4.68. The molecule has 1 N–H and O–H groups in total. The summed E-state index contributed by atoms with van der Waals surface area (Å²) in [7, 11) is 0. The van der Waals surface area contributed by atoms with Crippen molar-refractivity contribution >= 4 is 33.9 Å². The van der Waals surface area contributed by atoms with Crippen molar-refractivity contribution in [3.63, 3.8) is 0 Å². The van der Waals surface area contributed by atoms with Crippen molar-refractivity contribution in [1.29, 1.82) is 0 Å². The first kappa shape index (κ1) is 18.0. The van der Waals surface area contributed by atoms with Gasteiger partial charge in [-0.25, -0.2) is 4.99 Å². The zero-order valence-electron chi connectivity index (χ0n) is 14.4. The standard InChI is InChI=1S/C20H23N3S/c1-15(2)22-23-20(21-19-12-8-9-16(3)13-19)24-14-17(4)18-10-6-5-7-11-18/h5-13H,4,14H2,1-3H3,(H,21,23). The van der Waals surface area contributed by atoms with Crippen LogP contribution in [0.5, 0.6) is 0 Å². The molecule has 0 fully saturated rings. The maximum atomic E-state index is 4.68. The van der Waals surface area contributed by atoms with E-state index in [9.17, 15) is 0 Å². The zero-order valence-corrected chi connectivity index (χ0v) is 15.2. The predicted octanol–water partition coefficient (Wildman–Crippen LogP) is 5.41. The number of rotatable bonds is 5. The number of thioether (sulfide) groups is 1. The van der Waals surface area contributed by atoms with Crippen molar-refractivity contribution in [3.8, 4) is 0 Å². The number of aryl methyl sites for hydroxylation is 1. The van der Waals surface area contributed by atoms with Crippen LogP contribution in [0.25, 0.3) is 5.57 Å². The molecule has 24 heavy (non-hydrogen) atoms. The van der Waals surface area contributed by atoms with Crippen LogP contribution >= 0.6 is 11.8 Å². The minimum absolute atomic E-state index is 0.750. The number of aliphatic imine (C=N–C) groups is 1. The van der Waals surface area contributed by atoms with Crippen molar-refractivity contribution in [2.45, 2.75) is 20.8 Å². The van der Waals surface area contributed by atoms with Crippen molar-refractivity contribution in [1.82, 2.24) is 5.43 Å². The highest BCUT2D eigenvalue weighted by Gasteiger charge is 2.04. The summed E-state index contributed by atoms with van der Waals surface area (Å²) in [6.07, 6.45) is 0. The molecule has 2 rings (SSSR count). The van der Waals surface area contributed by atoms with Gasteiger partial charge in [0.1, 0.15) is 0 Å². The Morgan fingerprint density at radius 1 is 1.08 bits per heavy atom. The summed E-state index contributed by atoms with van der Waals surface area (Å²) in [5.41, 5.74) is 8.32. The molecule has 0 radical (unpaired) electrons. The Labute approximate surface area is 148 Å². The summed E-state index contributed by atoms with van der Waals surface area (Å²) in [5, 5.41) is 5.04. The van der Waals surface area contributed by atoms with E-state index in [4.69, 9.17) is 0 Å². The first-order valence-corrected chi connectivity index (χ1v) is 8.81. The van der Waals surface area contributed by atoms with Gasteiger partial charge in [0, 0.05) is 11.5 Å². The normalized spacial score (nSPS) is 11.0. The molecule has 0 saturated carbocycles. The number of hydrogen-bond donors (Lipinski definition) is 1. The third-order valence-corrected chi connectivity index (χ3v) is 4.12. The average Bonchev–Trinajstić information content (AvgIpc) is 2.57. The van der Waals surface area contributed by atoms with Crippen LogP contribution in [0.3, 0.4) is 0 Å². The minimum atomic E-state index is 0.750.